The zero-order valence-corrected chi connectivity index (χ0v) is 7.95. The van der Waals surface area contributed by atoms with Crippen LogP contribution in [0.1, 0.15) is 30.7 Å². The minimum absolute atomic E-state index is 0.728. The molecule has 0 aliphatic heterocycles. The van der Waals surface area contributed by atoms with Gasteiger partial charge in [0.2, 0.25) is 0 Å². The fourth-order valence-corrected chi connectivity index (χ4v) is 2.05. The summed E-state index contributed by atoms with van der Waals surface area (Å²) in [5.74, 6) is 1.65. The number of rotatable bonds is 4. The van der Waals surface area contributed by atoms with E-state index in [0.717, 1.165) is 24.8 Å². The number of hydrogen-bond donors (Lipinski definition) is 1. The maximum absolute atomic E-state index is 5.63. The van der Waals surface area contributed by atoms with Crippen LogP contribution in [0.5, 0.6) is 0 Å². The number of nitrogens with two attached hydrogens (primary N) is 1. The molecule has 70 valence electrons. The molecular formula is C12H17N. The highest BCUT2D eigenvalue weighted by Gasteiger charge is 2.31. The first kappa shape index (κ1) is 8.76. The minimum atomic E-state index is 0.728. The molecule has 1 saturated carbocycles. The van der Waals surface area contributed by atoms with Gasteiger partial charge in [0.05, 0.1) is 0 Å². The summed E-state index contributed by atoms with van der Waals surface area (Å²) >= 11 is 0. The highest BCUT2D eigenvalue weighted by Crippen LogP contribution is 2.44. The maximum atomic E-state index is 5.63. The van der Waals surface area contributed by atoms with Crippen LogP contribution in [0.3, 0.4) is 0 Å². The first-order valence-electron chi connectivity index (χ1n) is 5.17. The fourth-order valence-electron chi connectivity index (χ4n) is 2.05. The lowest BCUT2D eigenvalue weighted by atomic mass is 9.91. The van der Waals surface area contributed by atoms with Gasteiger partial charge in [0.1, 0.15) is 0 Å². The summed E-state index contributed by atoms with van der Waals surface area (Å²) < 4.78 is 0. The number of hydrogen-bond acceptors (Lipinski definition) is 1. The third kappa shape index (κ3) is 2.10. The Kier molecular flexibility index (Phi) is 2.65. The normalized spacial score (nSPS) is 18.5. The smallest absolute Gasteiger partial charge is 0.00713 e. The van der Waals surface area contributed by atoms with Gasteiger partial charge >= 0.3 is 0 Å². The van der Waals surface area contributed by atoms with Gasteiger partial charge in [-0.25, -0.2) is 0 Å². The van der Waals surface area contributed by atoms with Crippen molar-refractivity contribution in [1.82, 2.24) is 0 Å². The van der Waals surface area contributed by atoms with Gasteiger partial charge in [0.15, 0.2) is 0 Å². The average Bonchev–Trinajstić information content (AvgIpc) is 2.99. The van der Waals surface area contributed by atoms with Gasteiger partial charge in [-0.2, -0.15) is 0 Å². The third-order valence-electron chi connectivity index (χ3n) is 2.90. The van der Waals surface area contributed by atoms with Crippen LogP contribution in [-0.4, -0.2) is 6.54 Å². The summed E-state index contributed by atoms with van der Waals surface area (Å²) in [6, 6.07) is 10.8. The Hall–Kier alpha value is -0.820. The molecule has 13 heavy (non-hydrogen) atoms. The molecule has 0 bridgehead atoms. The molecule has 1 aromatic rings. The van der Waals surface area contributed by atoms with Crippen molar-refractivity contribution in [3.8, 4) is 0 Å². The third-order valence-corrected chi connectivity index (χ3v) is 2.90. The maximum Gasteiger partial charge on any atom is -0.00713 e. The Balaban J connectivity index is 2.10. The first-order valence-corrected chi connectivity index (χ1v) is 5.17. The Bertz CT molecular complexity index is 251. The van der Waals surface area contributed by atoms with Crippen molar-refractivity contribution in [3.63, 3.8) is 0 Å². The second-order valence-electron chi connectivity index (χ2n) is 3.93. The van der Waals surface area contributed by atoms with Gasteiger partial charge in [0, 0.05) is 0 Å². The van der Waals surface area contributed by atoms with Crippen LogP contribution in [-0.2, 0) is 0 Å². The summed E-state index contributed by atoms with van der Waals surface area (Å²) in [6.07, 6.45) is 3.95. The predicted molar refractivity (Wildman–Crippen MR) is 55.6 cm³/mol. The molecule has 0 radical (unpaired) electrons. The van der Waals surface area contributed by atoms with Gasteiger partial charge in [-0.3, -0.25) is 0 Å². The SMILES string of the molecule is NCC[C@H](c1ccccc1)C1CC1. The van der Waals surface area contributed by atoms with E-state index in [1.165, 1.54) is 18.4 Å². The van der Waals surface area contributed by atoms with Crippen LogP contribution < -0.4 is 5.73 Å². The second-order valence-corrected chi connectivity index (χ2v) is 3.93. The van der Waals surface area contributed by atoms with E-state index in [0.29, 0.717) is 0 Å². The molecule has 0 unspecified atom stereocenters. The molecule has 1 aliphatic rings. The summed E-state index contributed by atoms with van der Waals surface area (Å²) in [7, 11) is 0. The molecule has 2 rings (SSSR count). The fraction of sp³-hybridized carbons (Fsp3) is 0.500. The molecule has 1 fully saturated rings. The molecule has 1 atom stereocenters. The lowest BCUT2D eigenvalue weighted by Gasteiger charge is -2.15. The monoisotopic (exact) mass is 175 g/mol. The van der Waals surface area contributed by atoms with Crippen molar-refractivity contribution in [2.75, 3.05) is 6.54 Å². The van der Waals surface area contributed by atoms with E-state index in [2.05, 4.69) is 30.3 Å². The molecule has 0 aromatic heterocycles. The van der Waals surface area contributed by atoms with Gasteiger partial charge in [-0.05, 0) is 43.2 Å². The van der Waals surface area contributed by atoms with Gasteiger partial charge in [-0.1, -0.05) is 30.3 Å². The predicted octanol–water partition coefficient (Wildman–Crippen LogP) is 2.53. The van der Waals surface area contributed by atoms with Crippen molar-refractivity contribution in [3.05, 3.63) is 35.9 Å². The quantitative estimate of drug-likeness (QED) is 0.747. The van der Waals surface area contributed by atoms with E-state index < -0.39 is 0 Å². The lowest BCUT2D eigenvalue weighted by Crippen LogP contribution is -2.08. The first-order chi connectivity index (χ1) is 6.42. The van der Waals surface area contributed by atoms with Crippen molar-refractivity contribution in [1.29, 1.82) is 0 Å². The van der Waals surface area contributed by atoms with Crippen LogP contribution in [0.25, 0.3) is 0 Å². The zero-order chi connectivity index (χ0) is 9.10. The second kappa shape index (κ2) is 3.93. The molecule has 0 amide bonds. The summed E-state index contributed by atoms with van der Waals surface area (Å²) in [5, 5.41) is 0. The van der Waals surface area contributed by atoms with Crippen molar-refractivity contribution in [2.24, 2.45) is 11.7 Å². The zero-order valence-electron chi connectivity index (χ0n) is 7.95. The van der Waals surface area contributed by atoms with Crippen molar-refractivity contribution in [2.45, 2.75) is 25.2 Å². The molecule has 1 aliphatic carbocycles. The van der Waals surface area contributed by atoms with E-state index in [1.54, 1.807) is 0 Å². The van der Waals surface area contributed by atoms with E-state index in [9.17, 15) is 0 Å². The minimum Gasteiger partial charge on any atom is -0.330 e. The standard InChI is InChI=1S/C12H17N/c13-9-8-12(11-6-7-11)10-4-2-1-3-5-10/h1-5,11-12H,6-9,13H2/t12-/m1/s1. The van der Waals surface area contributed by atoms with Gasteiger partial charge < -0.3 is 5.73 Å². The van der Waals surface area contributed by atoms with E-state index in [1.807, 2.05) is 0 Å². The number of benzene rings is 1. The highest BCUT2D eigenvalue weighted by atomic mass is 14.5. The summed E-state index contributed by atoms with van der Waals surface area (Å²) in [6.45, 7) is 0.816. The largest absolute Gasteiger partial charge is 0.330 e. The van der Waals surface area contributed by atoms with Crippen molar-refractivity contribution < 1.29 is 0 Å². The van der Waals surface area contributed by atoms with Crippen LogP contribution in [0.2, 0.25) is 0 Å². The Morgan fingerprint density at radius 3 is 2.46 bits per heavy atom. The summed E-state index contributed by atoms with van der Waals surface area (Å²) in [4.78, 5) is 0. The molecule has 1 heteroatoms. The lowest BCUT2D eigenvalue weighted by molar-refractivity contribution is 0.565. The topological polar surface area (TPSA) is 26.0 Å². The molecule has 2 N–H and O–H groups in total. The van der Waals surface area contributed by atoms with Crippen LogP contribution in [0, 0.1) is 5.92 Å². The van der Waals surface area contributed by atoms with Gasteiger partial charge in [0.25, 0.3) is 0 Å². The molecule has 0 heterocycles. The van der Waals surface area contributed by atoms with E-state index >= 15 is 0 Å². The average molecular weight is 175 g/mol. The Morgan fingerprint density at radius 2 is 1.92 bits per heavy atom. The molecule has 0 saturated heterocycles. The van der Waals surface area contributed by atoms with Crippen LogP contribution >= 0.6 is 0 Å². The van der Waals surface area contributed by atoms with Gasteiger partial charge in [-0.15, -0.1) is 0 Å². The van der Waals surface area contributed by atoms with Crippen LogP contribution in [0.4, 0.5) is 0 Å². The molecule has 0 spiro atoms. The van der Waals surface area contributed by atoms with Crippen molar-refractivity contribution >= 4 is 0 Å². The van der Waals surface area contributed by atoms with E-state index in [-0.39, 0.29) is 0 Å². The summed E-state index contributed by atoms with van der Waals surface area (Å²) in [5.41, 5.74) is 7.11. The van der Waals surface area contributed by atoms with Crippen LogP contribution in [0.15, 0.2) is 30.3 Å². The molecule has 1 aromatic carbocycles. The van der Waals surface area contributed by atoms with E-state index in [4.69, 9.17) is 5.73 Å². The Morgan fingerprint density at radius 1 is 1.23 bits per heavy atom. The molecule has 1 nitrogen and oxygen atoms in total. The Labute approximate surface area is 80.0 Å². The highest BCUT2D eigenvalue weighted by molar-refractivity contribution is 5.21. The molecular weight excluding hydrogens is 158 g/mol.